The summed E-state index contributed by atoms with van der Waals surface area (Å²) in [7, 11) is -3.81. The van der Waals surface area contributed by atoms with Crippen LogP contribution in [0.15, 0.2) is 47.4 Å². The van der Waals surface area contributed by atoms with Gasteiger partial charge in [-0.3, -0.25) is 4.72 Å². The van der Waals surface area contributed by atoms with Crippen LogP contribution in [0.25, 0.3) is 0 Å². The maximum absolute atomic E-state index is 12.3. The van der Waals surface area contributed by atoms with Crippen LogP contribution in [0.2, 0.25) is 5.02 Å². The lowest BCUT2D eigenvalue weighted by atomic mass is 10.3. The van der Waals surface area contributed by atoms with Crippen molar-refractivity contribution in [2.75, 3.05) is 10.5 Å². The second-order valence-corrected chi connectivity index (χ2v) is 6.93. The lowest BCUT2D eigenvalue weighted by Gasteiger charge is -2.12. The number of sulfonamides is 1. The average molecular weight is 409 g/mol. The van der Waals surface area contributed by atoms with Gasteiger partial charge >= 0.3 is 0 Å². The Bertz CT molecular complexity index is 699. The molecule has 2 aromatic carbocycles. The predicted octanol–water partition coefficient (Wildman–Crippen LogP) is 3.33. The summed E-state index contributed by atoms with van der Waals surface area (Å²) >= 11 is 7.96. The number of nitrogens with one attached hydrogen (secondary N) is 1. The first-order chi connectivity index (χ1) is 8.92. The Balaban J connectivity index is 2.47. The molecule has 0 radical (unpaired) electrons. The Morgan fingerprint density at radius 1 is 1.11 bits per heavy atom. The van der Waals surface area contributed by atoms with E-state index in [2.05, 4.69) is 4.72 Å². The molecule has 0 aliphatic carbocycles. The number of hydrogen-bond acceptors (Lipinski definition) is 3. The molecule has 0 amide bonds. The van der Waals surface area contributed by atoms with E-state index < -0.39 is 10.0 Å². The van der Waals surface area contributed by atoms with Gasteiger partial charge in [-0.15, -0.1) is 0 Å². The molecule has 0 atom stereocenters. The number of benzene rings is 2. The molecule has 0 heterocycles. The zero-order valence-electron chi connectivity index (χ0n) is 9.60. The molecule has 2 aromatic rings. The topological polar surface area (TPSA) is 72.2 Å². The van der Waals surface area contributed by atoms with Crippen molar-refractivity contribution in [3.8, 4) is 0 Å². The monoisotopic (exact) mass is 408 g/mol. The normalized spacial score (nSPS) is 11.3. The minimum Gasteiger partial charge on any atom is -0.398 e. The highest BCUT2D eigenvalue weighted by molar-refractivity contribution is 14.1. The van der Waals surface area contributed by atoms with Crippen molar-refractivity contribution in [3.05, 3.63) is 51.1 Å². The minimum absolute atomic E-state index is 0.0958. The van der Waals surface area contributed by atoms with Gasteiger partial charge < -0.3 is 5.73 Å². The SMILES string of the molecule is Nc1cccc(Cl)c1S(=O)(=O)Nc1ccccc1I. The highest BCUT2D eigenvalue weighted by atomic mass is 127. The van der Waals surface area contributed by atoms with Crippen LogP contribution >= 0.6 is 34.2 Å². The molecule has 100 valence electrons. The van der Waals surface area contributed by atoms with Crippen LogP contribution in [0.1, 0.15) is 0 Å². The number of anilines is 2. The van der Waals surface area contributed by atoms with Crippen molar-refractivity contribution in [2.24, 2.45) is 0 Å². The van der Waals surface area contributed by atoms with Crippen molar-refractivity contribution in [2.45, 2.75) is 4.90 Å². The van der Waals surface area contributed by atoms with E-state index in [1.54, 1.807) is 24.3 Å². The minimum atomic E-state index is -3.81. The van der Waals surface area contributed by atoms with Gasteiger partial charge in [-0.25, -0.2) is 8.42 Å². The molecule has 0 bridgehead atoms. The lowest BCUT2D eigenvalue weighted by molar-refractivity contribution is 0.601. The Hall–Kier alpha value is -0.990. The number of hydrogen-bond donors (Lipinski definition) is 2. The summed E-state index contributed by atoms with van der Waals surface area (Å²) in [6.45, 7) is 0. The first-order valence-electron chi connectivity index (χ1n) is 5.23. The molecule has 0 saturated carbocycles. The van der Waals surface area contributed by atoms with E-state index in [-0.39, 0.29) is 15.6 Å². The molecule has 0 unspecified atom stereocenters. The summed E-state index contributed by atoms with van der Waals surface area (Å²) in [5.41, 5.74) is 6.30. The molecule has 0 spiro atoms. The van der Waals surface area contributed by atoms with Crippen LogP contribution in [0.3, 0.4) is 0 Å². The van der Waals surface area contributed by atoms with Crippen LogP contribution in [-0.4, -0.2) is 8.42 Å². The van der Waals surface area contributed by atoms with E-state index in [4.69, 9.17) is 17.3 Å². The smallest absolute Gasteiger partial charge is 0.265 e. The first kappa shape index (κ1) is 14.4. The second kappa shape index (κ2) is 5.56. The zero-order chi connectivity index (χ0) is 14.0. The quantitative estimate of drug-likeness (QED) is 0.604. The number of para-hydroxylation sites is 1. The third-order valence-corrected chi connectivity index (χ3v) is 5.23. The van der Waals surface area contributed by atoms with Gasteiger partial charge in [0.05, 0.1) is 16.4 Å². The first-order valence-corrected chi connectivity index (χ1v) is 8.17. The van der Waals surface area contributed by atoms with Gasteiger partial charge in [-0.1, -0.05) is 29.8 Å². The van der Waals surface area contributed by atoms with Crippen molar-refractivity contribution in [3.63, 3.8) is 0 Å². The van der Waals surface area contributed by atoms with Crippen LogP contribution in [0.5, 0.6) is 0 Å². The number of nitrogens with two attached hydrogens (primary N) is 1. The second-order valence-electron chi connectivity index (χ2n) is 3.74. The third kappa shape index (κ3) is 3.13. The fourth-order valence-electron chi connectivity index (χ4n) is 1.55. The molecule has 7 heteroatoms. The lowest BCUT2D eigenvalue weighted by Crippen LogP contribution is -2.16. The largest absolute Gasteiger partial charge is 0.398 e. The van der Waals surface area contributed by atoms with E-state index in [9.17, 15) is 8.42 Å². The van der Waals surface area contributed by atoms with Gasteiger partial charge in [0.2, 0.25) is 0 Å². The maximum Gasteiger partial charge on any atom is 0.265 e. The van der Waals surface area contributed by atoms with Gasteiger partial charge in [0.1, 0.15) is 4.90 Å². The maximum atomic E-state index is 12.3. The number of halogens is 2. The standard InChI is InChI=1S/C12H10ClIN2O2S/c13-8-4-3-6-10(15)12(8)19(17,18)16-11-7-2-1-5-9(11)14/h1-7,16H,15H2. The van der Waals surface area contributed by atoms with Gasteiger partial charge in [0.15, 0.2) is 0 Å². The number of rotatable bonds is 3. The Morgan fingerprint density at radius 2 is 1.79 bits per heavy atom. The molecule has 0 aromatic heterocycles. The van der Waals surface area contributed by atoms with Crippen LogP contribution in [-0.2, 0) is 10.0 Å². The van der Waals surface area contributed by atoms with E-state index in [0.717, 1.165) is 3.57 Å². The molecule has 0 fully saturated rings. The highest BCUT2D eigenvalue weighted by Gasteiger charge is 2.21. The van der Waals surface area contributed by atoms with E-state index in [1.165, 1.54) is 12.1 Å². The Labute approximate surface area is 130 Å². The Kier molecular flexibility index (Phi) is 4.22. The molecule has 0 aliphatic heterocycles. The predicted molar refractivity (Wildman–Crippen MR) is 85.8 cm³/mol. The summed E-state index contributed by atoms with van der Waals surface area (Å²) in [4.78, 5) is -0.101. The van der Waals surface area contributed by atoms with Gasteiger partial charge in [-0.05, 0) is 46.9 Å². The number of nitrogen functional groups attached to an aromatic ring is 1. The van der Waals surface area contributed by atoms with Gasteiger partial charge in [0, 0.05) is 3.57 Å². The van der Waals surface area contributed by atoms with Crippen molar-refractivity contribution >= 4 is 55.6 Å². The fourth-order valence-corrected chi connectivity index (χ4v) is 4.01. The molecular formula is C12H10ClIN2O2S. The molecule has 19 heavy (non-hydrogen) atoms. The Morgan fingerprint density at radius 3 is 2.42 bits per heavy atom. The van der Waals surface area contributed by atoms with Crippen LogP contribution in [0, 0.1) is 3.57 Å². The van der Waals surface area contributed by atoms with E-state index >= 15 is 0 Å². The molecule has 4 nitrogen and oxygen atoms in total. The zero-order valence-corrected chi connectivity index (χ0v) is 13.3. The van der Waals surface area contributed by atoms with Gasteiger partial charge in [-0.2, -0.15) is 0 Å². The van der Waals surface area contributed by atoms with Gasteiger partial charge in [0.25, 0.3) is 10.0 Å². The van der Waals surface area contributed by atoms with E-state index in [1.807, 2.05) is 28.7 Å². The summed E-state index contributed by atoms with van der Waals surface area (Å²) < 4.78 is 27.9. The third-order valence-electron chi connectivity index (χ3n) is 2.38. The molecule has 3 N–H and O–H groups in total. The average Bonchev–Trinajstić information content (AvgIpc) is 2.31. The van der Waals surface area contributed by atoms with Crippen molar-refractivity contribution < 1.29 is 8.42 Å². The highest BCUT2D eigenvalue weighted by Crippen LogP contribution is 2.29. The molecule has 0 saturated heterocycles. The van der Waals surface area contributed by atoms with Crippen LogP contribution < -0.4 is 10.5 Å². The van der Waals surface area contributed by atoms with Crippen molar-refractivity contribution in [1.29, 1.82) is 0 Å². The van der Waals surface area contributed by atoms with Crippen LogP contribution in [0.4, 0.5) is 11.4 Å². The summed E-state index contributed by atoms with van der Waals surface area (Å²) in [6.07, 6.45) is 0. The fraction of sp³-hybridized carbons (Fsp3) is 0. The summed E-state index contributed by atoms with van der Waals surface area (Å²) in [6, 6.07) is 11.6. The summed E-state index contributed by atoms with van der Waals surface area (Å²) in [5.74, 6) is 0. The van der Waals surface area contributed by atoms with E-state index in [0.29, 0.717) is 5.69 Å². The summed E-state index contributed by atoms with van der Waals surface area (Å²) in [5, 5.41) is 0.0958. The molecule has 2 rings (SSSR count). The molecule has 0 aliphatic rings. The molecular weight excluding hydrogens is 399 g/mol. The van der Waals surface area contributed by atoms with Crippen molar-refractivity contribution in [1.82, 2.24) is 0 Å².